The minimum absolute atomic E-state index is 0.670. The molecule has 0 spiro atoms. The molecule has 0 saturated carbocycles. The Labute approximate surface area is 325 Å². The lowest BCUT2D eigenvalue weighted by Crippen LogP contribution is -1.96. The highest BCUT2D eigenvalue weighted by molar-refractivity contribution is 6.09. The lowest BCUT2D eigenvalue weighted by Gasteiger charge is -2.13. The van der Waals surface area contributed by atoms with Gasteiger partial charge in [-0.3, -0.25) is 0 Å². The minimum Gasteiger partial charge on any atom is -0.245 e. The molecule has 7 aromatic carbocycles. The first-order valence-electron chi connectivity index (χ1n) is 18.8. The van der Waals surface area contributed by atoms with Gasteiger partial charge in [-0.15, -0.1) is 0 Å². The van der Waals surface area contributed by atoms with E-state index in [0.717, 1.165) is 83.5 Å². The highest BCUT2D eigenvalue weighted by Gasteiger charge is 2.15. The van der Waals surface area contributed by atoms with Gasteiger partial charge in [-0.2, -0.15) is 0 Å². The van der Waals surface area contributed by atoms with E-state index in [-0.39, 0.29) is 0 Å². The lowest BCUT2D eigenvalue weighted by molar-refractivity contribution is 1.18. The van der Waals surface area contributed by atoms with E-state index in [4.69, 9.17) is 19.9 Å². The van der Waals surface area contributed by atoms with Crippen LogP contribution in [0.25, 0.3) is 100 Å². The van der Waals surface area contributed by atoms with Crippen molar-refractivity contribution < 1.29 is 0 Å². The SMILES string of the molecule is c1ccc(-c2ccc(-c3cc(-c4ccccc4)nc(-c4ccc(-c5ccc6ccc7c(-c8ccccc8)cc(-c8ccccc8)nc7c6n5)cc4)n3)cc2)cc1. The van der Waals surface area contributed by atoms with Crippen LogP contribution in [0.2, 0.25) is 0 Å². The van der Waals surface area contributed by atoms with Crippen LogP contribution in [0.4, 0.5) is 0 Å². The van der Waals surface area contributed by atoms with Gasteiger partial charge in [-0.25, -0.2) is 19.9 Å². The van der Waals surface area contributed by atoms with Gasteiger partial charge in [0.15, 0.2) is 5.82 Å². The Morgan fingerprint density at radius 2 is 0.661 bits per heavy atom. The van der Waals surface area contributed by atoms with Gasteiger partial charge >= 0.3 is 0 Å². The largest absolute Gasteiger partial charge is 0.245 e. The number of hydrogen-bond acceptors (Lipinski definition) is 4. The third kappa shape index (κ3) is 6.40. The van der Waals surface area contributed by atoms with E-state index in [1.54, 1.807) is 0 Å². The molecule has 0 aliphatic carbocycles. The normalized spacial score (nSPS) is 11.2. The van der Waals surface area contributed by atoms with Crippen LogP contribution in [0, 0.1) is 0 Å². The van der Waals surface area contributed by atoms with Crippen molar-refractivity contribution in [3.63, 3.8) is 0 Å². The zero-order valence-electron chi connectivity index (χ0n) is 30.4. The monoisotopic (exact) mass is 714 g/mol. The highest BCUT2D eigenvalue weighted by atomic mass is 14.9. The van der Waals surface area contributed by atoms with Gasteiger partial charge in [0.05, 0.1) is 33.8 Å². The first-order chi connectivity index (χ1) is 27.7. The number of aromatic nitrogens is 4. The molecule has 0 radical (unpaired) electrons. The zero-order valence-corrected chi connectivity index (χ0v) is 30.4. The molecule has 0 aliphatic rings. The average molecular weight is 715 g/mol. The molecule has 56 heavy (non-hydrogen) atoms. The van der Waals surface area contributed by atoms with E-state index in [0.29, 0.717) is 5.82 Å². The summed E-state index contributed by atoms with van der Waals surface area (Å²) in [4.78, 5) is 20.7. The summed E-state index contributed by atoms with van der Waals surface area (Å²) in [6.07, 6.45) is 0. The van der Waals surface area contributed by atoms with Gasteiger partial charge in [0, 0.05) is 38.6 Å². The third-order valence-corrected chi connectivity index (χ3v) is 10.3. The fraction of sp³-hybridized carbons (Fsp3) is 0. The van der Waals surface area contributed by atoms with E-state index in [1.807, 2.05) is 30.3 Å². The molecule has 0 aliphatic heterocycles. The second kappa shape index (κ2) is 14.3. The Morgan fingerprint density at radius 1 is 0.250 bits per heavy atom. The molecule has 4 heteroatoms. The fourth-order valence-corrected chi connectivity index (χ4v) is 7.38. The molecule has 3 aromatic heterocycles. The van der Waals surface area contributed by atoms with Gasteiger partial charge in [0.25, 0.3) is 0 Å². The molecule has 0 bridgehead atoms. The molecule has 10 rings (SSSR count). The van der Waals surface area contributed by atoms with Gasteiger partial charge in [0.2, 0.25) is 0 Å². The summed E-state index contributed by atoms with van der Waals surface area (Å²) in [5.41, 5.74) is 15.0. The summed E-state index contributed by atoms with van der Waals surface area (Å²) in [5.74, 6) is 0.670. The summed E-state index contributed by atoms with van der Waals surface area (Å²) in [6, 6.07) is 71.4. The van der Waals surface area contributed by atoms with Gasteiger partial charge in [0.1, 0.15) is 0 Å². The molecule has 4 nitrogen and oxygen atoms in total. The van der Waals surface area contributed by atoms with Crippen LogP contribution in [0.3, 0.4) is 0 Å². The minimum atomic E-state index is 0.670. The average Bonchev–Trinajstić information content (AvgIpc) is 3.29. The van der Waals surface area contributed by atoms with Crippen LogP contribution in [0.1, 0.15) is 0 Å². The standard InChI is InChI=1S/C52H34N4/c1-5-13-35(14-6-1)36-21-23-41(24-22-36)49-34-48(39-19-11-4-12-20-39)55-52(56-49)43-27-25-40(26-28-43)46-32-30-42-29-31-44-45(37-15-7-2-8-16-37)33-47(38-17-9-3-10-18-38)54-51(44)50(42)53-46/h1-34H. The quantitative estimate of drug-likeness (QED) is 0.154. The second-order valence-corrected chi connectivity index (χ2v) is 13.9. The van der Waals surface area contributed by atoms with Crippen LogP contribution in [-0.2, 0) is 0 Å². The van der Waals surface area contributed by atoms with Crippen LogP contribution in [0.5, 0.6) is 0 Å². The molecule has 0 saturated heterocycles. The Hall–Kier alpha value is -7.56. The molecule has 0 amide bonds. The van der Waals surface area contributed by atoms with Gasteiger partial charge in [-0.1, -0.05) is 188 Å². The molecule has 0 unspecified atom stereocenters. The molecule has 0 N–H and O–H groups in total. The van der Waals surface area contributed by atoms with Crippen molar-refractivity contribution in [2.75, 3.05) is 0 Å². The van der Waals surface area contributed by atoms with Crippen molar-refractivity contribution in [3.05, 3.63) is 206 Å². The van der Waals surface area contributed by atoms with E-state index in [2.05, 4.69) is 176 Å². The van der Waals surface area contributed by atoms with Gasteiger partial charge < -0.3 is 0 Å². The molecule has 0 fully saturated rings. The van der Waals surface area contributed by atoms with Crippen molar-refractivity contribution in [1.29, 1.82) is 0 Å². The van der Waals surface area contributed by atoms with E-state index >= 15 is 0 Å². The maximum Gasteiger partial charge on any atom is 0.160 e. The first kappa shape index (κ1) is 33.0. The smallest absolute Gasteiger partial charge is 0.160 e. The number of nitrogens with zero attached hydrogens (tertiary/aromatic N) is 4. The molecule has 262 valence electrons. The summed E-state index contributed by atoms with van der Waals surface area (Å²) < 4.78 is 0. The summed E-state index contributed by atoms with van der Waals surface area (Å²) in [7, 11) is 0. The van der Waals surface area contributed by atoms with Crippen LogP contribution in [0.15, 0.2) is 206 Å². The van der Waals surface area contributed by atoms with Crippen molar-refractivity contribution in [3.8, 4) is 78.7 Å². The number of benzene rings is 7. The van der Waals surface area contributed by atoms with Crippen LogP contribution in [-0.4, -0.2) is 19.9 Å². The summed E-state index contributed by atoms with van der Waals surface area (Å²) >= 11 is 0. The Balaban J connectivity index is 1.05. The Morgan fingerprint density at radius 3 is 1.25 bits per heavy atom. The van der Waals surface area contributed by atoms with Crippen molar-refractivity contribution in [2.45, 2.75) is 0 Å². The molecular weight excluding hydrogens is 681 g/mol. The first-order valence-corrected chi connectivity index (χ1v) is 18.8. The predicted octanol–water partition coefficient (Wildman–Crippen LogP) is 13.2. The number of fused-ring (bicyclic) bond motifs is 3. The van der Waals surface area contributed by atoms with Crippen molar-refractivity contribution in [2.24, 2.45) is 0 Å². The third-order valence-electron chi connectivity index (χ3n) is 10.3. The van der Waals surface area contributed by atoms with Crippen LogP contribution >= 0.6 is 0 Å². The molecule has 0 atom stereocenters. The number of rotatable bonds is 7. The maximum absolute atomic E-state index is 5.29. The summed E-state index contributed by atoms with van der Waals surface area (Å²) in [6.45, 7) is 0. The zero-order chi connectivity index (χ0) is 37.3. The second-order valence-electron chi connectivity index (χ2n) is 13.9. The van der Waals surface area contributed by atoms with E-state index in [9.17, 15) is 0 Å². The van der Waals surface area contributed by atoms with Crippen molar-refractivity contribution in [1.82, 2.24) is 19.9 Å². The lowest BCUT2D eigenvalue weighted by atomic mass is 9.97. The maximum atomic E-state index is 5.29. The van der Waals surface area contributed by atoms with Crippen LogP contribution < -0.4 is 0 Å². The highest BCUT2D eigenvalue weighted by Crippen LogP contribution is 2.36. The van der Waals surface area contributed by atoms with Gasteiger partial charge in [-0.05, 0) is 40.5 Å². The number of pyridine rings is 2. The molecule has 3 heterocycles. The van der Waals surface area contributed by atoms with Crippen molar-refractivity contribution >= 4 is 21.8 Å². The predicted molar refractivity (Wildman–Crippen MR) is 231 cm³/mol. The summed E-state index contributed by atoms with van der Waals surface area (Å²) in [5, 5.41) is 2.12. The molecular formula is C52H34N4. The fourth-order valence-electron chi connectivity index (χ4n) is 7.38. The Bertz CT molecular complexity index is 2970. The Kier molecular flexibility index (Phi) is 8.47. The topological polar surface area (TPSA) is 51.6 Å². The number of hydrogen-bond donors (Lipinski definition) is 0. The molecule has 10 aromatic rings. The van der Waals surface area contributed by atoms with E-state index < -0.39 is 0 Å². The van der Waals surface area contributed by atoms with E-state index in [1.165, 1.54) is 11.1 Å².